The number of ether oxygens (including phenoxy) is 2. The van der Waals surface area contributed by atoms with E-state index in [-0.39, 0.29) is 6.10 Å². The second-order valence-electron chi connectivity index (χ2n) is 3.47. The summed E-state index contributed by atoms with van der Waals surface area (Å²) < 4.78 is 10.9. The maximum Gasteiger partial charge on any atom is 0.182 e. The summed E-state index contributed by atoms with van der Waals surface area (Å²) in [5.74, 6) is 0.764. The highest BCUT2D eigenvalue weighted by molar-refractivity contribution is 5.54. The first-order valence-corrected chi connectivity index (χ1v) is 4.71. The van der Waals surface area contributed by atoms with Crippen LogP contribution in [0.25, 0.3) is 0 Å². The van der Waals surface area contributed by atoms with Crippen molar-refractivity contribution in [2.75, 3.05) is 18.9 Å². The molecule has 0 saturated carbocycles. The third kappa shape index (κ3) is 1.97. The minimum absolute atomic E-state index is 0.150. The van der Waals surface area contributed by atoms with Gasteiger partial charge in [0.25, 0.3) is 0 Å². The van der Waals surface area contributed by atoms with Crippen LogP contribution >= 0.6 is 0 Å². The Balaban J connectivity index is 2.10. The highest BCUT2D eigenvalue weighted by Gasteiger charge is 2.18. The summed E-state index contributed by atoms with van der Waals surface area (Å²) in [6.07, 6.45) is 1.09. The van der Waals surface area contributed by atoms with Crippen LogP contribution in [0.5, 0.6) is 5.75 Å². The van der Waals surface area contributed by atoms with E-state index in [1.165, 1.54) is 0 Å². The van der Waals surface area contributed by atoms with E-state index in [2.05, 4.69) is 5.73 Å². The molecule has 76 valence electrons. The number of nitrogen functional groups attached to an aromatic ring is 1. The SMILES string of the molecule is Nc1ccc([NH3+])c(O[C@H]2CCOC2)c1. The quantitative estimate of drug-likeness (QED) is 0.667. The van der Waals surface area contributed by atoms with E-state index >= 15 is 0 Å². The van der Waals surface area contributed by atoms with Crippen LogP contribution in [0.1, 0.15) is 6.42 Å². The molecule has 0 unspecified atom stereocenters. The van der Waals surface area contributed by atoms with Gasteiger partial charge < -0.3 is 20.9 Å². The molecular weight excluding hydrogens is 180 g/mol. The zero-order valence-corrected chi connectivity index (χ0v) is 8.03. The Labute approximate surface area is 82.8 Å². The first-order valence-electron chi connectivity index (χ1n) is 4.71. The number of nitrogens with two attached hydrogens (primary N) is 1. The van der Waals surface area contributed by atoms with Gasteiger partial charge in [-0.2, -0.15) is 0 Å². The van der Waals surface area contributed by atoms with Crippen molar-refractivity contribution in [1.29, 1.82) is 0 Å². The summed E-state index contributed by atoms with van der Waals surface area (Å²) in [7, 11) is 0. The lowest BCUT2D eigenvalue weighted by molar-refractivity contribution is -0.256. The fourth-order valence-electron chi connectivity index (χ4n) is 1.47. The second-order valence-corrected chi connectivity index (χ2v) is 3.47. The smallest absolute Gasteiger partial charge is 0.182 e. The highest BCUT2D eigenvalue weighted by Crippen LogP contribution is 2.25. The first-order chi connectivity index (χ1) is 6.75. The van der Waals surface area contributed by atoms with Gasteiger partial charge in [-0.1, -0.05) is 0 Å². The lowest BCUT2D eigenvalue weighted by Crippen LogP contribution is -2.41. The molecule has 1 atom stereocenters. The number of rotatable bonds is 2. The van der Waals surface area contributed by atoms with Crippen molar-refractivity contribution in [2.24, 2.45) is 0 Å². The summed E-state index contributed by atoms with van der Waals surface area (Å²) >= 11 is 0. The van der Waals surface area contributed by atoms with Gasteiger partial charge in [0, 0.05) is 24.2 Å². The second kappa shape index (κ2) is 3.86. The predicted molar refractivity (Wildman–Crippen MR) is 53.3 cm³/mol. The number of anilines is 1. The van der Waals surface area contributed by atoms with E-state index in [0.717, 1.165) is 24.5 Å². The van der Waals surface area contributed by atoms with Gasteiger partial charge in [-0.3, -0.25) is 0 Å². The van der Waals surface area contributed by atoms with Gasteiger partial charge >= 0.3 is 0 Å². The number of quaternary nitrogens is 1. The van der Waals surface area contributed by atoms with Crippen molar-refractivity contribution in [3.8, 4) is 5.75 Å². The third-order valence-corrected chi connectivity index (χ3v) is 2.27. The monoisotopic (exact) mass is 195 g/mol. The molecule has 1 heterocycles. The van der Waals surface area contributed by atoms with Gasteiger partial charge in [-0.15, -0.1) is 0 Å². The molecule has 4 heteroatoms. The Hall–Kier alpha value is -1.26. The van der Waals surface area contributed by atoms with Crippen LogP contribution in [0, 0.1) is 0 Å². The topological polar surface area (TPSA) is 72.1 Å². The minimum atomic E-state index is 0.150. The summed E-state index contributed by atoms with van der Waals surface area (Å²) in [6.45, 7) is 1.44. The van der Waals surface area contributed by atoms with Crippen LogP contribution in [0.4, 0.5) is 11.4 Å². The maximum atomic E-state index is 5.72. The van der Waals surface area contributed by atoms with Gasteiger partial charge in [0.05, 0.1) is 13.2 Å². The molecule has 1 aromatic carbocycles. The number of benzene rings is 1. The maximum absolute atomic E-state index is 5.72. The van der Waals surface area contributed by atoms with E-state index < -0.39 is 0 Å². The minimum Gasteiger partial charge on any atom is -0.482 e. The summed E-state index contributed by atoms with van der Waals surface area (Å²) in [5, 5.41) is 0. The molecule has 1 aliphatic heterocycles. The van der Waals surface area contributed by atoms with Gasteiger partial charge in [0.15, 0.2) is 11.4 Å². The Bertz CT molecular complexity index is 322. The van der Waals surface area contributed by atoms with Crippen LogP contribution < -0.4 is 16.2 Å². The largest absolute Gasteiger partial charge is 0.482 e. The summed E-state index contributed by atoms with van der Waals surface area (Å²) in [4.78, 5) is 0. The van der Waals surface area contributed by atoms with Gasteiger partial charge in [-0.05, 0) is 6.07 Å². The summed E-state index contributed by atoms with van der Waals surface area (Å²) in [5.41, 5.74) is 11.1. The van der Waals surface area contributed by atoms with Crippen molar-refractivity contribution in [3.63, 3.8) is 0 Å². The van der Waals surface area contributed by atoms with Crippen LogP contribution in [0.3, 0.4) is 0 Å². The molecule has 0 amide bonds. The normalized spacial score (nSPS) is 21.1. The number of hydrogen-bond acceptors (Lipinski definition) is 3. The highest BCUT2D eigenvalue weighted by atomic mass is 16.5. The fourth-order valence-corrected chi connectivity index (χ4v) is 1.47. The van der Waals surface area contributed by atoms with Crippen LogP contribution in [0.2, 0.25) is 0 Å². The van der Waals surface area contributed by atoms with E-state index in [4.69, 9.17) is 15.2 Å². The molecule has 14 heavy (non-hydrogen) atoms. The van der Waals surface area contributed by atoms with E-state index in [1.807, 2.05) is 12.1 Å². The molecule has 5 N–H and O–H groups in total. The molecule has 1 saturated heterocycles. The average Bonchev–Trinajstić information content (AvgIpc) is 2.64. The van der Waals surface area contributed by atoms with E-state index in [9.17, 15) is 0 Å². The molecule has 1 aromatic rings. The molecule has 0 bridgehead atoms. The predicted octanol–water partition coefficient (Wildman–Crippen LogP) is 0.310. The van der Waals surface area contributed by atoms with E-state index in [0.29, 0.717) is 12.3 Å². The summed E-state index contributed by atoms with van der Waals surface area (Å²) in [6, 6.07) is 5.49. The van der Waals surface area contributed by atoms with Crippen LogP contribution in [0.15, 0.2) is 18.2 Å². The lowest BCUT2D eigenvalue weighted by Gasteiger charge is -2.12. The lowest BCUT2D eigenvalue weighted by atomic mass is 10.2. The van der Waals surface area contributed by atoms with Crippen molar-refractivity contribution in [1.82, 2.24) is 0 Å². The molecular formula is C10H15N2O2+. The van der Waals surface area contributed by atoms with Crippen LogP contribution in [-0.4, -0.2) is 19.3 Å². The van der Waals surface area contributed by atoms with Crippen molar-refractivity contribution in [2.45, 2.75) is 12.5 Å². The van der Waals surface area contributed by atoms with Crippen molar-refractivity contribution >= 4 is 11.4 Å². The van der Waals surface area contributed by atoms with Gasteiger partial charge in [-0.25, -0.2) is 0 Å². The standard InChI is InChI=1S/C10H14N2O2/c11-7-1-2-9(12)10(5-7)14-8-3-4-13-6-8/h1-2,5,8H,3-4,6,11-12H2/p+1/t8-/m0/s1. The molecule has 2 rings (SSSR count). The zero-order valence-electron chi connectivity index (χ0n) is 8.03. The molecule has 0 radical (unpaired) electrons. The third-order valence-electron chi connectivity index (χ3n) is 2.27. The Kier molecular flexibility index (Phi) is 2.56. The molecule has 0 aromatic heterocycles. The van der Waals surface area contributed by atoms with Crippen LogP contribution in [-0.2, 0) is 4.74 Å². The molecule has 1 aliphatic rings. The Morgan fingerprint density at radius 3 is 3.07 bits per heavy atom. The van der Waals surface area contributed by atoms with Gasteiger partial charge in [0.2, 0.25) is 0 Å². The van der Waals surface area contributed by atoms with Gasteiger partial charge in [0.1, 0.15) is 6.10 Å². The van der Waals surface area contributed by atoms with Crippen molar-refractivity contribution in [3.05, 3.63) is 18.2 Å². The first kappa shape index (κ1) is 9.30. The fraction of sp³-hybridized carbons (Fsp3) is 0.400. The number of hydrogen-bond donors (Lipinski definition) is 2. The zero-order chi connectivity index (χ0) is 9.97. The van der Waals surface area contributed by atoms with Crippen molar-refractivity contribution < 1.29 is 15.2 Å². The van der Waals surface area contributed by atoms with E-state index in [1.54, 1.807) is 6.07 Å². The molecule has 0 aliphatic carbocycles. The average molecular weight is 195 g/mol. The Morgan fingerprint density at radius 2 is 2.36 bits per heavy atom. The molecule has 0 spiro atoms. The molecule has 1 fully saturated rings. The Morgan fingerprint density at radius 1 is 1.50 bits per heavy atom. The molecule has 4 nitrogen and oxygen atoms in total.